The van der Waals surface area contributed by atoms with Gasteiger partial charge in [-0.2, -0.15) is 0 Å². The van der Waals surface area contributed by atoms with Crippen molar-refractivity contribution in [2.75, 3.05) is 26.7 Å². The van der Waals surface area contributed by atoms with Crippen molar-refractivity contribution in [3.05, 3.63) is 29.8 Å². The van der Waals surface area contributed by atoms with E-state index >= 15 is 0 Å². The Morgan fingerprint density at radius 3 is 2.34 bits per heavy atom. The van der Waals surface area contributed by atoms with E-state index in [9.17, 15) is 19.2 Å². The van der Waals surface area contributed by atoms with Crippen molar-refractivity contribution in [1.82, 2.24) is 15.1 Å². The van der Waals surface area contributed by atoms with Gasteiger partial charge >= 0.3 is 6.03 Å². The average Bonchev–Trinajstić information content (AvgIpc) is 3.05. The minimum atomic E-state index is -0.751. The van der Waals surface area contributed by atoms with Crippen molar-refractivity contribution >= 4 is 23.6 Å². The molecular formula is C24H31N3O5. The van der Waals surface area contributed by atoms with Gasteiger partial charge < -0.3 is 15.0 Å². The van der Waals surface area contributed by atoms with Crippen LogP contribution >= 0.6 is 0 Å². The molecule has 32 heavy (non-hydrogen) atoms. The first-order valence-corrected chi connectivity index (χ1v) is 11.5. The van der Waals surface area contributed by atoms with E-state index in [0.717, 1.165) is 19.3 Å². The van der Waals surface area contributed by atoms with Gasteiger partial charge in [0.25, 0.3) is 5.91 Å². The molecule has 0 unspecified atom stereocenters. The summed E-state index contributed by atoms with van der Waals surface area (Å²) in [6, 6.07) is 6.72. The Balaban J connectivity index is 1.26. The lowest BCUT2D eigenvalue weighted by molar-refractivity contribution is -0.135. The van der Waals surface area contributed by atoms with Crippen molar-refractivity contribution in [3.8, 4) is 5.75 Å². The summed E-state index contributed by atoms with van der Waals surface area (Å²) in [6.45, 7) is 1.13. The molecule has 1 aromatic carbocycles. The number of benzene rings is 1. The topological polar surface area (TPSA) is 96.0 Å². The van der Waals surface area contributed by atoms with Gasteiger partial charge in [0, 0.05) is 37.5 Å². The number of ketones is 1. The highest BCUT2D eigenvalue weighted by molar-refractivity contribution is 6.07. The first-order chi connectivity index (χ1) is 15.4. The zero-order valence-electron chi connectivity index (χ0n) is 18.6. The van der Waals surface area contributed by atoms with Crippen molar-refractivity contribution < 1.29 is 23.9 Å². The van der Waals surface area contributed by atoms with E-state index < -0.39 is 5.54 Å². The van der Waals surface area contributed by atoms with E-state index in [0.29, 0.717) is 50.1 Å². The first-order valence-electron chi connectivity index (χ1n) is 11.5. The number of amides is 4. The number of imide groups is 1. The summed E-state index contributed by atoms with van der Waals surface area (Å²) in [5, 5.41) is 2.88. The molecule has 4 amide bonds. The van der Waals surface area contributed by atoms with Crippen LogP contribution in [-0.2, 0) is 9.59 Å². The zero-order valence-corrected chi connectivity index (χ0v) is 18.6. The molecule has 1 aromatic rings. The fourth-order valence-electron chi connectivity index (χ4n) is 5.12. The molecule has 2 heterocycles. The lowest BCUT2D eigenvalue weighted by atomic mass is 9.82. The predicted molar refractivity (Wildman–Crippen MR) is 117 cm³/mol. The second-order valence-corrected chi connectivity index (χ2v) is 9.03. The summed E-state index contributed by atoms with van der Waals surface area (Å²) >= 11 is 0. The van der Waals surface area contributed by atoms with Gasteiger partial charge in [-0.05, 0) is 49.9 Å². The Morgan fingerprint density at radius 2 is 1.72 bits per heavy atom. The van der Waals surface area contributed by atoms with E-state index in [-0.39, 0.29) is 42.5 Å². The number of likely N-dealkylation sites (tertiary alicyclic amines) is 1. The van der Waals surface area contributed by atoms with Crippen LogP contribution in [0.2, 0.25) is 0 Å². The van der Waals surface area contributed by atoms with Crippen molar-refractivity contribution in [1.29, 1.82) is 0 Å². The third-order valence-electron chi connectivity index (χ3n) is 7.10. The standard InChI is InChI=1S/C24H31N3O5/c1-32-19-7-5-17(6-8-19)21(29)18-9-14-26(15-10-18)20(28)11-16-27-22(30)24(25-23(27)31)12-3-2-4-13-24/h5-8,18H,2-4,9-16H2,1H3,(H,25,31). The minimum Gasteiger partial charge on any atom is -0.497 e. The van der Waals surface area contributed by atoms with Crippen LogP contribution < -0.4 is 10.1 Å². The molecule has 1 saturated carbocycles. The Hall–Kier alpha value is -2.90. The number of ether oxygens (including phenoxy) is 1. The number of methoxy groups -OCH3 is 1. The Bertz CT molecular complexity index is 883. The Labute approximate surface area is 188 Å². The molecule has 4 rings (SSSR count). The molecule has 8 heteroatoms. The number of hydrogen-bond donors (Lipinski definition) is 1. The third kappa shape index (κ3) is 4.36. The Morgan fingerprint density at radius 1 is 1.06 bits per heavy atom. The normalized spacial score (nSPS) is 21.0. The van der Waals surface area contributed by atoms with Crippen LogP contribution in [-0.4, -0.2) is 65.7 Å². The molecule has 172 valence electrons. The number of hydrogen-bond acceptors (Lipinski definition) is 5. The Kier molecular flexibility index (Phi) is 6.48. The third-order valence-corrected chi connectivity index (χ3v) is 7.10. The molecule has 0 bridgehead atoms. The second-order valence-electron chi connectivity index (χ2n) is 9.03. The van der Waals surface area contributed by atoms with Crippen LogP contribution in [0.5, 0.6) is 5.75 Å². The highest BCUT2D eigenvalue weighted by Gasteiger charge is 2.51. The number of urea groups is 1. The van der Waals surface area contributed by atoms with E-state index in [2.05, 4.69) is 5.32 Å². The van der Waals surface area contributed by atoms with E-state index in [1.165, 1.54) is 4.90 Å². The summed E-state index contributed by atoms with van der Waals surface area (Å²) in [6.07, 6.45) is 5.65. The van der Waals surface area contributed by atoms with Crippen molar-refractivity contribution in [2.45, 2.75) is 56.9 Å². The van der Waals surface area contributed by atoms with Gasteiger partial charge in [-0.25, -0.2) is 4.79 Å². The largest absolute Gasteiger partial charge is 0.497 e. The molecule has 3 fully saturated rings. The van der Waals surface area contributed by atoms with Gasteiger partial charge in [0.2, 0.25) is 5.91 Å². The fraction of sp³-hybridized carbons (Fsp3) is 0.583. The second kappa shape index (κ2) is 9.30. The van der Waals surface area contributed by atoms with Crippen LogP contribution in [0.3, 0.4) is 0 Å². The van der Waals surface area contributed by atoms with Gasteiger partial charge in [-0.3, -0.25) is 19.3 Å². The lowest BCUT2D eigenvalue weighted by Gasteiger charge is -2.32. The van der Waals surface area contributed by atoms with Gasteiger partial charge in [0.15, 0.2) is 5.78 Å². The van der Waals surface area contributed by atoms with E-state index in [4.69, 9.17) is 4.74 Å². The van der Waals surface area contributed by atoms with Crippen LogP contribution in [0.1, 0.15) is 61.7 Å². The molecule has 3 aliphatic rings. The number of Topliss-reactive ketones (excluding diaryl/α,β-unsaturated/α-hetero) is 1. The summed E-state index contributed by atoms with van der Waals surface area (Å²) in [4.78, 5) is 53.6. The number of piperidine rings is 1. The number of carbonyl (C=O) groups is 4. The summed E-state index contributed by atoms with van der Waals surface area (Å²) < 4.78 is 5.14. The van der Waals surface area contributed by atoms with Crippen LogP contribution in [0.4, 0.5) is 4.79 Å². The molecule has 1 aliphatic carbocycles. The number of rotatable bonds is 6. The maximum atomic E-state index is 12.8. The molecule has 2 saturated heterocycles. The molecule has 1 spiro atoms. The number of nitrogens with zero attached hydrogens (tertiary/aromatic N) is 2. The van der Waals surface area contributed by atoms with Gasteiger partial charge in [-0.15, -0.1) is 0 Å². The van der Waals surface area contributed by atoms with E-state index in [1.807, 2.05) is 0 Å². The quantitative estimate of drug-likeness (QED) is 0.541. The molecule has 2 aliphatic heterocycles. The molecule has 1 N–H and O–H groups in total. The zero-order chi connectivity index (χ0) is 22.7. The van der Waals surface area contributed by atoms with Gasteiger partial charge in [0.05, 0.1) is 7.11 Å². The molecule has 0 aromatic heterocycles. The monoisotopic (exact) mass is 441 g/mol. The predicted octanol–water partition coefficient (Wildman–Crippen LogP) is 2.76. The van der Waals surface area contributed by atoms with Gasteiger partial charge in [-0.1, -0.05) is 19.3 Å². The van der Waals surface area contributed by atoms with Crippen LogP contribution in [0.15, 0.2) is 24.3 Å². The maximum absolute atomic E-state index is 12.8. The van der Waals surface area contributed by atoms with Crippen molar-refractivity contribution in [3.63, 3.8) is 0 Å². The average molecular weight is 442 g/mol. The summed E-state index contributed by atoms with van der Waals surface area (Å²) in [7, 11) is 1.59. The van der Waals surface area contributed by atoms with E-state index in [1.54, 1.807) is 36.3 Å². The molecular weight excluding hydrogens is 410 g/mol. The maximum Gasteiger partial charge on any atom is 0.325 e. The molecule has 8 nitrogen and oxygen atoms in total. The number of nitrogens with one attached hydrogen (secondary N) is 1. The lowest BCUT2D eigenvalue weighted by Crippen LogP contribution is -2.48. The first kappa shape index (κ1) is 22.3. The van der Waals surface area contributed by atoms with Crippen LogP contribution in [0.25, 0.3) is 0 Å². The van der Waals surface area contributed by atoms with Crippen molar-refractivity contribution in [2.24, 2.45) is 5.92 Å². The fourth-order valence-corrected chi connectivity index (χ4v) is 5.12. The highest BCUT2D eigenvalue weighted by Crippen LogP contribution is 2.33. The SMILES string of the molecule is COc1ccc(C(=O)C2CCN(C(=O)CCN3C(=O)NC4(CCCCC4)C3=O)CC2)cc1. The molecule has 0 atom stereocenters. The number of carbonyl (C=O) groups excluding carboxylic acids is 4. The smallest absolute Gasteiger partial charge is 0.325 e. The van der Waals surface area contributed by atoms with Gasteiger partial charge in [0.1, 0.15) is 11.3 Å². The minimum absolute atomic E-state index is 0.0782. The summed E-state index contributed by atoms with van der Waals surface area (Å²) in [5.41, 5.74) is -0.0933. The summed E-state index contributed by atoms with van der Waals surface area (Å²) in [5.74, 6) is 0.437. The van der Waals surface area contributed by atoms with Crippen LogP contribution in [0, 0.1) is 5.92 Å². The molecule has 0 radical (unpaired) electrons. The highest BCUT2D eigenvalue weighted by atomic mass is 16.5.